The molecule has 3 aromatic rings. The van der Waals surface area contributed by atoms with Crippen LogP contribution in [0.1, 0.15) is 12.2 Å². The van der Waals surface area contributed by atoms with Crippen molar-refractivity contribution in [3.05, 3.63) is 42.2 Å². The van der Waals surface area contributed by atoms with E-state index in [1.807, 2.05) is 24.3 Å². The number of fused-ring (bicyclic) bond motifs is 2. The van der Waals surface area contributed by atoms with Crippen LogP contribution in [0.25, 0.3) is 11.0 Å². The highest BCUT2D eigenvalue weighted by atomic mass is 16.6. The smallest absolute Gasteiger partial charge is 0.229 e. The number of carbonyl (C=O) groups excluding carboxylic acids is 2. The van der Waals surface area contributed by atoms with Gasteiger partial charge in [-0.05, 0) is 30.3 Å². The zero-order valence-corrected chi connectivity index (χ0v) is 19.3. The first-order chi connectivity index (χ1) is 17.1. The van der Waals surface area contributed by atoms with Crippen LogP contribution in [0.15, 0.2) is 36.4 Å². The summed E-state index contributed by atoms with van der Waals surface area (Å²) in [6, 6.07) is 11.1. The molecule has 0 bridgehead atoms. The molecule has 2 saturated heterocycles. The van der Waals surface area contributed by atoms with E-state index in [0.29, 0.717) is 42.6 Å². The van der Waals surface area contributed by atoms with E-state index in [2.05, 4.69) is 20.2 Å². The lowest BCUT2D eigenvalue weighted by Gasteiger charge is -2.25. The van der Waals surface area contributed by atoms with Gasteiger partial charge < -0.3 is 29.4 Å². The number of carbonyl (C=O) groups is 2. The number of H-pyrrole nitrogens is 1. The van der Waals surface area contributed by atoms with Crippen molar-refractivity contribution in [1.29, 1.82) is 0 Å². The minimum atomic E-state index is -0.440. The van der Waals surface area contributed by atoms with Gasteiger partial charge in [0.25, 0.3) is 0 Å². The minimum absolute atomic E-state index is 0.0846. The number of benzene rings is 2. The van der Waals surface area contributed by atoms with Gasteiger partial charge in [-0.2, -0.15) is 0 Å². The Morgan fingerprint density at radius 3 is 2.74 bits per heavy atom. The van der Waals surface area contributed by atoms with Crippen molar-refractivity contribution < 1.29 is 23.8 Å². The van der Waals surface area contributed by atoms with Crippen molar-refractivity contribution in [3.63, 3.8) is 0 Å². The van der Waals surface area contributed by atoms with Crippen LogP contribution < -0.4 is 19.7 Å². The highest BCUT2D eigenvalue weighted by Crippen LogP contribution is 2.36. The summed E-state index contributed by atoms with van der Waals surface area (Å²) in [4.78, 5) is 37.7. The predicted molar refractivity (Wildman–Crippen MR) is 129 cm³/mol. The van der Waals surface area contributed by atoms with Gasteiger partial charge in [0, 0.05) is 43.5 Å². The Morgan fingerprint density at radius 2 is 1.89 bits per heavy atom. The second kappa shape index (κ2) is 9.20. The molecule has 35 heavy (non-hydrogen) atoms. The molecule has 1 atom stereocenters. The molecular formula is C25H27N5O5. The number of imidazole rings is 1. The number of ether oxygens (including phenoxy) is 3. The SMILES string of the molecule is O=C(Nc1ccc2nc(CN3CCOCC3)[nH]c2c1)C1CC(=O)N(c2ccc3c(c2)OCCO3)C1. The molecule has 10 heteroatoms. The standard InChI is InChI=1S/C25H27N5O5/c31-24-11-16(14-30(24)18-2-4-21-22(13-18)35-10-9-34-21)25(32)26-17-1-3-19-20(12-17)28-23(27-19)15-29-5-7-33-8-6-29/h1-4,12-13,16H,5-11,14-15H2,(H,26,32)(H,27,28). The lowest BCUT2D eigenvalue weighted by Crippen LogP contribution is -2.35. The number of aromatic amines is 1. The number of hydrogen-bond donors (Lipinski definition) is 2. The van der Waals surface area contributed by atoms with E-state index in [1.54, 1.807) is 17.0 Å². The maximum absolute atomic E-state index is 13.0. The van der Waals surface area contributed by atoms with Crippen molar-refractivity contribution >= 4 is 34.2 Å². The summed E-state index contributed by atoms with van der Waals surface area (Å²) in [5, 5.41) is 2.97. The van der Waals surface area contributed by atoms with Crippen LogP contribution in [0, 0.1) is 5.92 Å². The van der Waals surface area contributed by atoms with Gasteiger partial charge in [0.2, 0.25) is 11.8 Å². The number of aromatic nitrogens is 2. The third kappa shape index (κ3) is 4.54. The highest BCUT2D eigenvalue weighted by molar-refractivity contribution is 6.04. The molecule has 0 spiro atoms. The molecule has 0 aliphatic carbocycles. The summed E-state index contributed by atoms with van der Waals surface area (Å²) in [6.45, 7) is 5.31. The van der Waals surface area contributed by atoms with Gasteiger partial charge in [0.1, 0.15) is 19.0 Å². The zero-order chi connectivity index (χ0) is 23.8. The summed E-state index contributed by atoms with van der Waals surface area (Å²) < 4.78 is 16.6. The number of amides is 2. The number of hydrogen-bond acceptors (Lipinski definition) is 7. The van der Waals surface area contributed by atoms with Gasteiger partial charge >= 0.3 is 0 Å². The fourth-order valence-electron chi connectivity index (χ4n) is 4.76. The molecular weight excluding hydrogens is 450 g/mol. The normalized spacial score (nSPS) is 20.4. The summed E-state index contributed by atoms with van der Waals surface area (Å²) in [6.07, 6.45) is 0.163. The maximum atomic E-state index is 13.0. The molecule has 2 N–H and O–H groups in total. The summed E-state index contributed by atoms with van der Waals surface area (Å²) in [7, 11) is 0. The fraction of sp³-hybridized carbons (Fsp3) is 0.400. The molecule has 0 saturated carbocycles. The number of nitrogens with zero attached hydrogens (tertiary/aromatic N) is 3. The van der Waals surface area contributed by atoms with E-state index in [4.69, 9.17) is 14.2 Å². The van der Waals surface area contributed by atoms with Gasteiger partial charge in [-0.1, -0.05) is 0 Å². The van der Waals surface area contributed by atoms with E-state index in [9.17, 15) is 9.59 Å². The molecule has 2 fully saturated rings. The minimum Gasteiger partial charge on any atom is -0.486 e. The molecule has 0 radical (unpaired) electrons. The Hall–Kier alpha value is -3.63. The van der Waals surface area contributed by atoms with Crippen molar-refractivity contribution in [2.75, 3.05) is 56.3 Å². The van der Waals surface area contributed by atoms with Gasteiger partial charge in [0.05, 0.1) is 36.7 Å². The number of morpholine rings is 1. The van der Waals surface area contributed by atoms with Gasteiger partial charge in [-0.15, -0.1) is 0 Å². The lowest BCUT2D eigenvalue weighted by atomic mass is 10.1. The summed E-state index contributed by atoms with van der Waals surface area (Å²) >= 11 is 0. The zero-order valence-electron chi connectivity index (χ0n) is 19.3. The van der Waals surface area contributed by atoms with E-state index >= 15 is 0 Å². The van der Waals surface area contributed by atoms with Crippen LogP contribution in [0.2, 0.25) is 0 Å². The first-order valence-electron chi connectivity index (χ1n) is 11.9. The Balaban J connectivity index is 1.11. The summed E-state index contributed by atoms with van der Waals surface area (Å²) in [5.74, 6) is 1.48. The maximum Gasteiger partial charge on any atom is 0.229 e. The molecule has 2 aromatic carbocycles. The van der Waals surface area contributed by atoms with Crippen LogP contribution in [0.4, 0.5) is 11.4 Å². The van der Waals surface area contributed by atoms with Crippen molar-refractivity contribution in [2.45, 2.75) is 13.0 Å². The van der Waals surface area contributed by atoms with Crippen LogP contribution in [-0.2, 0) is 20.9 Å². The fourth-order valence-corrected chi connectivity index (χ4v) is 4.76. The Morgan fingerprint density at radius 1 is 1.06 bits per heavy atom. The first kappa shape index (κ1) is 21.9. The lowest BCUT2D eigenvalue weighted by molar-refractivity contribution is -0.122. The van der Waals surface area contributed by atoms with Gasteiger partial charge in [-0.25, -0.2) is 4.98 Å². The third-order valence-electron chi connectivity index (χ3n) is 6.61. The largest absolute Gasteiger partial charge is 0.486 e. The van der Waals surface area contributed by atoms with Crippen molar-refractivity contribution in [1.82, 2.24) is 14.9 Å². The topological polar surface area (TPSA) is 109 Å². The Bertz CT molecular complexity index is 1270. The van der Waals surface area contributed by atoms with Crippen LogP contribution in [0.5, 0.6) is 11.5 Å². The Kier molecular flexibility index (Phi) is 5.75. The first-order valence-corrected chi connectivity index (χ1v) is 11.9. The quantitative estimate of drug-likeness (QED) is 0.580. The Labute approximate surface area is 202 Å². The molecule has 4 heterocycles. The molecule has 10 nitrogen and oxygen atoms in total. The van der Waals surface area contributed by atoms with E-state index in [0.717, 1.165) is 49.7 Å². The molecule has 1 aromatic heterocycles. The molecule has 3 aliphatic heterocycles. The molecule has 2 amide bonds. The average Bonchev–Trinajstić information content (AvgIpc) is 3.47. The van der Waals surface area contributed by atoms with Crippen LogP contribution >= 0.6 is 0 Å². The van der Waals surface area contributed by atoms with E-state index in [-0.39, 0.29) is 18.2 Å². The predicted octanol–water partition coefficient (Wildman–Crippen LogP) is 2.16. The van der Waals surface area contributed by atoms with Crippen LogP contribution in [-0.4, -0.2) is 72.7 Å². The number of nitrogens with one attached hydrogen (secondary N) is 2. The monoisotopic (exact) mass is 477 g/mol. The van der Waals surface area contributed by atoms with Gasteiger partial charge in [-0.3, -0.25) is 14.5 Å². The molecule has 6 rings (SSSR count). The van der Waals surface area contributed by atoms with Crippen molar-refractivity contribution in [3.8, 4) is 11.5 Å². The highest BCUT2D eigenvalue weighted by Gasteiger charge is 2.35. The molecule has 3 aliphatic rings. The number of anilines is 2. The molecule has 182 valence electrons. The third-order valence-corrected chi connectivity index (χ3v) is 6.61. The van der Waals surface area contributed by atoms with Crippen molar-refractivity contribution in [2.24, 2.45) is 5.92 Å². The van der Waals surface area contributed by atoms with E-state index in [1.165, 1.54) is 0 Å². The van der Waals surface area contributed by atoms with E-state index < -0.39 is 5.92 Å². The molecule has 1 unspecified atom stereocenters. The summed E-state index contributed by atoms with van der Waals surface area (Å²) in [5.41, 5.74) is 3.11. The average molecular weight is 478 g/mol. The van der Waals surface area contributed by atoms with Gasteiger partial charge in [0.15, 0.2) is 11.5 Å². The second-order valence-electron chi connectivity index (χ2n) is 9.03. The number of rotatable bonds is 5. The van der Waals surface area contributed by atoms with Crippen LogP contribution in [0.3, 0.4) is 0 Å². The second-order valence-corrected chi connectivity index (χ2v) is 9.03.